The molecule has 1 saturated heterocycles. The molecule has 0 amide bonds. The minimum atomic E-state index is 0.147. The van der Waals surface area contributed by atoms with Gasteiger partial charge in [-0.05, 0) is 37.8 Å². The summed E-state index contributed by atoms with van der Waals surface area (Å²) in [6.45, 7) is 2.69. The minimum Gasteiger partial charge on any atom is -0.372 e. The van der Waals surface area contributed by atoms with Crippen molar-refractivity contribution in [3.05, 3.63) is 35.9 Å². The molecule has 0 unspecified atom stereocenters. The van der Waals surface area contributed by atoms with Gasteiger partial charge in [0.25, 0.3) is 0 Å². The largest absolute Gasteiger partial charge is 0.372 e. The number of nitrogens with zero attached hydrogens (tertiary/aromatic N) is 4. The van der Waals surface area contributed by atoms with Gasteiger partial charge in [-0.15, -0.1) is 0 Å². The topological polar surface area (TPSA) is 56.9 Å². The van der Waals surface area contributed by atoms with Crippen LogP contribution in [-0.4, -0.2) is 32.7 Å². The quantitative estimate of drug-likeness (QED) is 0.876. The maximum Gasteiger partial charge on any atom is 0.103 e. The van der Waals surface area contributed by atoms with Crippen molar-refractivity contribution in [1.82, 2.24) is 24.9 Å². The average molecular weight is 343 g/mol. The molecule has 2 atom stereocenters. The van der Waals surface area contributed by atoms with E-state index in [-0.39, 0.29) is 6.10 Å². The van der Waals surface area contributed by atoms with Crippen LogP contribution < -0.4 is 5.32 Å². The van der Waals surface area contributed by atoms with Gasteiger partial charge in [0.15, 0.2) is 0 Å². The molecule has 1 N–H and O–H groups in total. The number of aromatic nitrogens is 4. The van der Waals surface area contributed by atoms with Gasteiger partial charge in [-0.2, -0.15) is 10.2 Å². The van der Waals surface area contributed by atoms with Crippen LogP contribution in [0.5, 0.6) is 0 Å². The molecule has 1 saturated carbocycles. The maximum absolute atomic E-state index is 6.09. The summed E-state index contributed by atoms with van der Waals surface area (Å²) in [5.41, 5.74) is 2.49. The fraction of sp³-hybridized carbons (Fsp3) is 0.684. The van der Waals surface area contributed by atoms with Gasteiger partial charge in [-0.1, -0.05) is 12.8 Å². The van der Waals surface area contributed by atoms with Crippen LogP contribution >= 0.6 is 0 Å². The van der Waals surface area contributed by atoms with Crippen LogP contribution in [0.15, 0.2) is 24.5 Å². The fourth-order valence-corrected chi connectivity index (χ4v) is 4.39. The lowest BCUT2D eigenvalue weighted by Crippen LogP contribution is -2.33. The fourth-order valence-electron chi connectivity index (χ4n) is 4.39. The van der Waals surface area contributed by atoms with Crippen molar-refractivity contribution in [2.24, 2.45) is 13.0 Å². The summed E-state index contributed by atoms with van der Waals surface area (Å²) >= 11 is 0. The summed E-state index contributed by atoms with van der Waals surface area (Å²) in [6, 6.07) is 4.84. The van der Waals surface area contributed by atoms with Crippen LogP contribution in [0.1, 0.15) is 62.1 Å². The van der Waals surface area contributed by atoms with Crippen molar-refractivity contribution in [2.45, 2.75) is 57.2 Å². The number of nitrogens with one attached hydrogen (secondary N) is 1. The van der Waals surface area contributed by atoms with Crippen LogP contribution in [0.4, 0.5) is 0 Å². The first-order chi connectivity index (χ1) is 12.3. The second-order valence-corrected chi connectivity index (χ2v) is 7.41. The third-order valence-electron chi connectivity index (χ3n) is 5.73. The number of hydrogen-bond acceptors (Lipinski definition) is 4. The molecular weight excluding hydrogens is 314 g/mol. The van der Waals surface area contributed by atoms with Gasteiger partial charge >= 0.3 is 0 Å². The summed E-state index contributed by atoms with van der Waals surface area (Å²) in [6.07, 6.45) is 11.5. The molecule has 136 valence electrons. The van der Waals surface area contributed by atoms with Crippen molar-refractivity contribution in [1.29, 1.82) is 0 Å². The Morgan fingerprint density at radius 2 is 1.96 bits per heavy atom. The number of aryl methyl sites for hydroxylation is 1. The highest BCUT2D eigenvalue weighted by molar-refractivity contribution is 5.07. The molecule has 3 heterocycles. The van der Waals surface area contributed by atoms with Gasteiger partial charge in [-0.3, -0.25) is 9.36 Å². The molecule has 2 aliphatic rings. The first-order valence-electron chi connectivity index (χ1n) is 9.65. The van der Waals surface area contributed by atoms with Crippen molar-refractivity contribution >= 4 is 0 Å². The highest BCUT2D eigenvalue weighted by Gasteiger charge is 2.29. The van der Waals surface area contributed by atoms with E-state index in [1.807, 2.05) is 24.1 Å². The molecule has 4 rings (SSSR count). The molecule has 2 fully saturated rings. The van der Waals surface area contributed by atoms with Crippen LogP contribution in [0.2, 0.25) is 0 Å². The zero-order valence-corrected chi connectivity index (χ0v) is 15.1. The molecule has 25 heavy (non-hydrogen) atoms. The Morgan fingerprint density at radius 3 is 2.76 bits per heavy atom. The lowest BCUT2D eigenvalue weighted by Gasteiger charge is -2.32. The molecule has 0 spiro atoms. The zero-order chi connectivity index (χ0) is 17.1. The van der Waals surface area contributed by atoms with Crippen LogP contribution in [0.3, 0.4) is 0 Å². The molecule has 6 heteroatoms. The second-order valence-electron chi connectivity index (χ2n) is 7.41. The third-order valence-corrected chi connectivity index (χ3v) is 5.73. The summed E-state index contributed by atoms with van der Waals surface area (Å²) < 4.78 is 10.3. The monoisotopic (exact) mass is 343 g/mol. The van der Waals surface area contributed by atoms with E-state index in [9.17, 15) is 0 Å². The Morgan fingerprint density at radius 1 is 1.12 bits per heavy atom. The Labute approximate surface area is 149 Å². The SMILES string of the molecule is Cn1nccc1[C@@H]1OCCC[C@H]1CNCc1ccnn1C1CCCC1. The Balaban J connectivity index is 1.36. The van der Waals surface area contributed by atoms with Crippen molar-refractivity contribution in [2.75, 3.05) is 13.2 Å². The van der Waals surface area contributed by atoms with E-state index < -0.39 is 0 Å². The number of ether oxygens (including phenoxy) is 1. The molecule has 1 aliphatic heterocycles. The first kappa shape index (κ1) is 16.8. The summed E-state index contributed by atoms with van der Waals surface area (Å²) in [5, 5.41) is 12.5. The van der Waals surface area contributed by atoms with Gasteiger partial charge in [0.05, 0.1) is 17.4 Å². The van der Waals surface area contributed by atoms with Crippen LogP contribution in [0, 0.1) is 5.92 Å². The first-order valence-corrected chi connectivity index (χ1v) is 9.65. The van der Waals surface area contributed by atoms with E-state index in [0.717, 1.165) is 26.1 Å². The van der Waals surface area contributed by atoms with E-state index in [0.29, 0.717) is 12.0 Å². The lowest BCUT2D eigenvalue weighted by atomic mass is 9.92. The molecule has 1 aliphatic carbocycles. The molecule has 0 bridgehead atoms. The van der Waals surface area contributed by atoms with Crippen LogP contribution in [-0.2, 0) is 18.3 Å². The molecular formula is C19H29N5O. The number of rotatable bonds is 6. The highest BCUT2D eigenvalue weighted by atomic mass is 16.5. The molecule has 6 nitrogen and oxygen atoms in total. The molecule has 0 aromatic carbocycles. The minimum absolute atomic E-state index is 0.147. The lowest BCUT2D eigenvalue weighted by molar-refractivity contribution is -0.0323. The molecule has 0 radical (unpaired) electrons. The van der Waals surface area contributed by atoms with Crippen molar-refractivity contribution < 1.29 is 4.74 Å². The van der Waals surface area contributed by atoms with E-state index in [2.05, 4.69) is 32.3 Å². The van der Waals surface area contributed by atoms with Crippen molar-refractivity contribution in [3.63, 3.8) is 0 Å². The Hall–Kier alpha value is -1.66. The average Bonchev–Trinajstić information content (AvgIpc) is 3.36. The summed E-state index contributed by atoms with van der Waals surface area (Å²) in [4.78, 5) is 0. The smallest absolute Gasteiger partial charge is 0.103 e. The Bertz CT molecular complexity index is 673. The second kappa shape index (κ2) is 7.70. The normalized spacial score (nSPS) is 24.8. The predicted molar refractivity (Wildman–Crippen MR) is 96.1 cm³/mol. The van der Waals surface area contributed by atoms with Gasteiger partial charge in [0, 0.05) is 45.1 Å². The van der Waals surface area contributed by atoms with E-state index >= 15 is 0 Å². The van der Waals surface area contributed by atoms with E-state index in [1.165, 1.54) is 43.5 Å². The summed E-state index contributed by atoms with van der Waals surface area (Å²) in [5.74, 6) is 0.493. The van der Waals surface area contributed by atoms with Gasteiger partial charge in [0.2, 0.25) is 0 Å². The van der Waals surface area contributed by atoms with E-state index in [4.69, 9.17) is 4.74 Å². The van der Waals surface area contributed by atoms with Crippen molar-refractivity contribution in [3.8, 4) is 0 Å². The summed E-state index contributed by atoms with van der Waals surface area (Å²) in [7, 11) is 2.00. The standard InChI is InChI=1S/C19H29N5O/c1-23-18(9-11-21-23)19-15(5-4-12-25-19)13-20-14-17-8-10-22-24(17)16-6-2-3-7-16/h8-11,15-16,19-20H,2-7,12-14H2,1H3/t15-,19+/m0/s1. The van der Waals surface area contributed by atoms with Gasteiger partial charge < -0.3 is 10.1 Å². The van der Waals surface area contributed by atoms with Gasteiger partial charge in [0.1, 0.15) is 6.10 Å². The maximum atomic E-state index is 6.09. The van der Waals surface area contributed by atoms with E-state index in [1.54, 1.807) is 0 Å². The molecule has 2 aromatic heterocycles. The Kier molecular flexibility index (Phi) is 5.17. The third kappa shape index (κ3) is 3.65. The highest BCUT2D eigenvalue weighted by Crippen LogP contribution is 2.33. The molecule has 2 aromatic rings. The predicted octanol–water partition coefficient (Wildman–Crippen LogP) is 2.99. The number of hydrogen-bond donors (Lipinski definition) is 1. The van der Waals surface area contributed by atoms with Crippen LogP contribution in [0.25, 0.3) is 0 Å². The van der Waals surface area contributed by atoms with Gasteiger partial charge in [-0.25, -0.2) is 0 Å². The zero-order valence-electron chi connectivity index (χ0n) is 15.1.